The Kier molecular flexibility index (Phi) is 6.56. The van der Waals surface area contributed by atoms with Gasteiger partial charge in [-0.05, 0) is 71.3 Å². The van der Waals surface area contributed by atoms with Crippen LogP contribution in [0.5, 0.6) is 0 Å². The highest BCUT2D eigenvalue weighted by molar-refractivity contribution is 6.12. The molecule has 2 aromatic heterocycles. The predicted octanol–water partition coefficient (Wildman–Crippen LogP) is 10.8. The molecule has 0 saturated heterocycles. The molecule has 7 aromatic carbocycles. The third kappa shape index (κ3) is 4.31. The number of nitrogens with zero attached hydrogens (tertiary/aromatic N) is 5. The Morgan fingerprint density at radius 3 is 1.72 bits per heavy atom. The highest BCUT2D eigenvalue weighted by Crippen LogP contribution is 2.38. The zero-order chi connectivity index (χ0) is 33.8. The summed E-state index contributed by atoms with van der Waals surface area (Å²) >= 11 is 0. The summed E-state index contributed by atoms with van der Waals surface area (Å²) in [7, 11) is 0. The third-order valence-corrected chi connectivity index (χ3v) is 9.65. The molecule has 0 fully saturated rings. The Morgan fingerprint density at radius 1 is 0.400 bits per heavy atom. The van der Waals surface area contributed by atoms with E-state index in [9.17, 15) is 15.8 Å². The van der Waals surface area contributed by atoms with E-state index in [0.29, 0.717) is 16.7 Å². The van der Waals surface area contributed by atoms with Crippen molar-refractivity contribution in [3.8, 4) is 51.8 Å². The fourth-order valence-corrected chi connectivity index (χ4v) is 7.44. The molecule has 2 heterocycles. The van der Waals surface area contributed by atoms with E-state index in [1.807, 2.05) is 47.0 Å². The second-order valence-corrected chi connectivity index (χ2v) is 12.3. The Hall–Kier alpha value is -7.39. The van der Waals surface area contributed by atoms with Crippen LogP contribution in [0.15, 0.2) is 152 Å². The van der Waals surface area contributed by atoms with Gasteiger partial charge in [0.25, 0.3) is 0 Å². The number of hydrogen-bond donors (Lipinski definition) is 0. The number of aromatic nitrogens is 2. The molecule has 0 bridgehead atoms. The molecule has 0 aliphatic heterocycles. The lowest BCUT2D eigenvalue weighted by molar-refractivity contribution is 1.17. The first-order chi connectivity index (χ1) is 24.7. The van der Waals surface area contributed by atoms with Gasteiger partial charge in [0.2, 0.25) is 0 Å². The summed E-state index contributed by atoms with van der Waals surface area (Å²) < 4.78 is 4.36. The third-order valence-electron chi connectivity index (χ3n) is 9.65. The molecular formula is C45H25N5. The Morgan fingerprint density at radius 2 is 1.02 bits per heavy atom. The van der Waals surface area contributed by atoms with Gasteiger partial charge in [-0.2, -0.15) is 15.8 Å². The standard InChI is InChI=1S/C45H25N5/c46-26-29-16-23-44-40(24-29)39-12-7-8-32(27-47)45(39)49(44)34-21-22-35(33(25-34)28-48)30-17-19-31(20-18-30)36-9-1-4-13-41(36)50-42-14-5-2-10-37(42)38-11-3-6-15-43(38)50/h1-25H. The molecule has 9 aromatic rings. The van der Waals surface area contributed by atoms with Crippen molar-refractivity contribution in [2.75, 3.05) is 0 Å². The van der Waals surface area contributed by atoms with Crippen LogP contribution in [0.4, 0.5) is 0 Å². The molecule has 0 spiro atoms. The minimum absolute atomic E-state index is 0.525. The van der Waals surface area contributed by atoms with Gasteiger partial charge in [0, 0.05) is 32.8 Å². The number of hydrogen-bond acceptors (Lipinski definition) is 3. The summed E-state index contributed by atoms with van der Waals surface area (Å²) in [5.74, 6) is 0. The van der Waals surface area contributed by atoms with Crippen molar-refractivity contribution in [2.24, 2.45) is 0 Å². The van der Waals surface area contributed by atoms with Crippen LogP contribution in [-0.2, 0) is 0 Å². The normalized spacial score (nSPS) is 11.1. The van der Waals surface area contributed by atoms with Crippen molar-refractivity contribution in [3.05, 3.63) is 168 Å². The lowest BCUT2D eigenvalue weighted by atomic mass is 9.96. The van der Waals surface area contributed by atoms with E-state index in [4.69, 9.17) is 0 Å². The summed E-state index contributed by atoms with van der Waals surface area (Å²) in [5.41, 5.74) is 11.4. The van der Waals surface area contributed by atoms with Crippen molar-refractivity contribution in [2.45, 2.75) is 0 Å². The molecule has 0 N–H and O–H groups in total. The maximum atomic E-state index is 10.4. The van der Waals surface area contributed by atoms with Crippen molar-refractivity contribution >= 4 is 43.6 Å². The van der Waals surface area contributed by atoms with Gasteiger partial charge in [-0.3, -0.25) is 0 Å². The molecule has 5 heteroatoms. The molecule has 0 radical (unpaired) electrons. The smallest absolute Gasteiger partial charge is 0.101 e. The van der Waals surface area contributed by atoms with E-state index >= 15 is 0 Å². The number of nitriles is 3. The van der Waals surface area contributed by atoms with Gasteiger partial charge in [0.1, 0.15) is 6.07 Å². The Balaban J connectivity index is 1.15. The van der Waals surface area contributed by atoms with E-state index in [0.717, 1.165) is 66.5 Å². The molecule has 230 valence electrons. The average Bonchev–Trinajstić information content (AvgIpc) is 3.70. The molecule has 0 unspecified atom stereocenters. The highest BCUT2D eigenvalue weighted by Gasteiger charge is 2.18. The average molecular weight is 636 g/mol. The first kappa shape index (κ1) is 28.8. The van der Waals surface area contributed by atoms with E-state index in [1.54, 1.807) is 12.1 Å². The zero-order valence-electron chi connectivity index (χ0n) is 26.7. The summed E-state index contributed by atoms with van der Waals surface area (Å²) in [5, 5.41) is 34.2. The summed E-state index contributed by atoms with van der Waals surface area (Å²) in [6.07, 6.45) is 0. The van der Waals surface area contributed by atoms with Crippen LogP contribution < -0.4 is 0 Å². The van der Waals surface area contributed by atoms with Gasteiger partial charge in [-0.15, -0.1) is 0 Å². The van der Waals surface area contributed by atoms with Gasteiger partial charge < -0.3 is 9.13 Å². The minimum Gasteiger partial charge on any atom is -0.309 e. The van der Waals surface area contributed by atoms with Gasteiger partial charge in [-0.1, -0.05) is 97.1 Å². The van der Waals surface area contributed by atoms with Crippen LogP contribution in [-0.4, -0.2) is 9.13 Å². The molecule has 0 saturated carbocycles. The minimum atomic E-state index is 0.525. The number of benzene rings is 7. The molecule has 0 amide bonds. The van der Waals surface area contributed by atoms with Crippen LogP contribution in [0.25, 0.3) is 77.2 Å². The number of para-hydroxylation sites is 4. The van der Waals surface area contributed by atoms with Crippen molar-refractivity contribution in [1.29, 1.82) is 15.8 Å². The SMILES string of the molecule is N#Cc1ccc2c(c1)c1cccc(C#N)c1n2-c1ccc(-c2ccc(-c3ccccc3-n3c4ccccc4c4ccccc43)cc2)c(C#N)c1. The Bertz CT molecular complexity index is 2900. The van der Waals surface area contributed by atoms with Crippen LogP contribution in [0.2, 0.25) is 0 Å². The molecule has 9 rings (SSSR count). The van der Waals surface area contributed by atoms with Crippen LogP contribution in [0.3, 0.4) is 0 Å². The van der Waals surface area contributed by atoms with E-state index in [-0.39, 0.29) is 0 Å². The summed E-state index contributed by atoms with van der Waals surface area (Å²) in [6, 6.07) is 57.9. The van der Waals surface area contributed by atoms with Crippen molar-refractivity contribution in [3.63, 3.8) is 0 Å². The maximum Gasteiger partial charge on any atom is 0.101 e. The van der Waals surface area contributed by atoms with Gasteiger partial charge in [0.15, 0.2) is 0 Å². The van der Waals surface area contributed by atoms with Crippen LogP contribution >= 0.6 is 0 Å². The monoisotopic (exact) mass is 635 g/mol. The summed E-state index contributed by atoms with van der Waals surface area (Å²) in [6.45, 7) is 0. The molecule has 50 heavy (non-hydrogen) atoms. The first-order valence-electron chi connectivity index (χ1n) is 16.3. The topological polar surface area (TPSA) is 81.2 Å². The maximum absolute atomic E-state index is 10.4. The van der Waals surface area contributed by atoms with Gasteiger partial charge >= 0.3 is 0 Å². The highest BCUT2D eigenvalue weighted by atomic mass is 15.0. The van der Waals surface area contributed by atoms with E-state index < -0.39 is 0 Å². The van der Waals surface area contributed by atoms with Gasteiger partial charge in [-0.25, -0.2) is 0 Å². The van der Waals surface area contributed by atoms with E-state index in [2.05, 4.69) is 120 Å². The fourth-order valence-electron chi connectivity index (χ4n) is 7.44. The zero-order valence-corrected chi connectivity index (χ0v) is 26.7. The molecular weight excluding hydrogens is 611 g/mol. The largest absolute Gasteiger partial charge is 0.309 e. The van der Waals surface area contributed by atoms with Gasteiger partial charge in [0.05, 0.1) is 56.6 Å². The molecule has 5 nitrogen and oxygen atoms in total. The van der Waals surface area contributed by atoms with Crippen molar-refractivity contribution in [1.82, 2.24) is 9.13 Å². The molecule has 0 aliphatic rings. The number of rotatable bonds is 4. The Labute approximate surface area is 287 Å². The predicted molar refractivity (Wildman–Crippen MR) is 200 cm³/mol. The first-order valence-corrected chi connectivity index (χ1v) is 16.3. The number of fused-ring (bicyclic) bond motifs is 6. The van der Waals surface area contributed by atoms with Crippen LogP contribution in [0, 0.1) is 34.0 Å². The van der Waals surface area contributed by atoms with Crippen LogP contribution in [0.1, 0.15) is 16.7 Å². The second-order valence-electron chi connectivity index (χ2n) is 12.3. The lowest BCUT2D eigenvalue weighted by Gasteiger charge is -2.15. The summed E-state index contributed by atoms with van der Waals surface area (Å²) in [4.78, 5) is 0. The second kappa shape index (κ2) is 11.4. The fraction of sp³-hybridized carbons (Fsp3) is 0. The van der Waals surface area contributed by atoms with E-state index in [1.165, 1.54) is 10.8 Å². The molecule has 0 aliphatic carbocycles. The van der Waals surface area contributed by atoms with Crippen molar-refractivity contribution < 1.29 is 0 Å². The quantitative estimate of drug-likeness (QED) is 0.193. The molecule has 0 atom stereocenters. The lowest BCUT2D eigenvalue weighted by Crippen LogP contribution is -1.98.